The topological polar surface area (TPSA) is 136 Å². The summed E-state index contributed by atoms with van der Waals surface area (Å²) < 4.78 is 55.2. The number of benzene rings is 2. The maximum atomic E-state index is 13.7. The summed E-state index contributed by atoms with van der Waals surface area (Å²) in [7, 11) is -0.710. The second-order valence-corrected chi connectivity index (χ2v) is 11.9. The third kappa shape index (κ3) is 5.06. The van der Waals surface area contributed by atoms with Crippen LogP contribution in [-0.4, -0.2) is 36.7 Å². The number of anilines is 1. The molecule has 0 saturated carbocycles. The third-order valence-electron chi connectivity index (χ3n) is 7.08. The van der Waals surface area contributed by atoms with Crippen molar-refractivity contribution in [2.75, 3.05) is 17.5 Å². The van der Waals surface area contributed by atoms with Crippen molar-refractivity contribution in [3.63, 3.8) is 0 Å². The van der Waals surface area contributed by atoms with Gasteiger partial charge in [-0.05, 0) is 55.5 Å². The van der Waals surface area contributed by atoms with E-state index in [2.05, 4.69) is 15.0 Å². The zero-order chi connectivity index (χ0) is 30.5. The van der Waals surface area contributed by atoms with E-state index < -0.39 is 21.7 Å². The molecule has 10 nitrogen and oxygen atoms in total. The number of aromatic nitrogens is 2. The average Bonchev–Trinajstić information content (AvgIpc) is 3.59. The Hall–Kier alpha value is -5.23. The summed E-state index contributed by atoms with van der Waals surface area (Å²) in [5, 5.41) is 3.00. The molecule has 0 bridgehead atoms. The molecule has 218 valence electrons. The first kappa shape index (κ1) is 27.9. The van der Waals surface area contributed by atoms with Crippen LogP contribution in [0, 0.1) is 5.82 Å². The zero-order valence-corrected chi connectivity index (χ0v) is 24.1. The highest BCUT2D eigenvalue weighted by Crippen LogP contribution is 2.40. The van der Waals surface area contributed by atoms with E-state index in [1.165, 1.54) is 48.9 Å². The molecule has 0 radical (unpaired) electrons. The zero-order valence-electron chi connectivity index (χ0n) is 23.3. The van der Waals surface area contributed by atoms with Gasteiger partial charge >= 0.3 is 0 Å². The SMILES string of the molecule is CCS(=O)(=O)Nc1cc2oc(-c3ccc(F)cc3)c(C(=O)NC)c2cc1-c1cc(-c2cc3ncccc3o2)c(=O)n(C)c1. The van der Waals surface area contributed by atoms with E-state index in [1.807, 2.05) is 0 Å². The fourth-order valence-corrected chi connectivity index (χ4v) is 5.55. The lowest BCUT2D eigenvalue weighted by Crippen LogP contribution is -2.19. The van der Waals surface area contributed by atoms with E-state index in [0.717, 1.165) is 0 Å². The van der Waals surface area contributed by atoms with E-state index >= 15 is 0 Å². The molecule has 2 N–H and O–H groups in total. The quantitative estimate of drug-likeness (QED) is 0.246. The van der Waals surface area contributed by atoms with Crippen LogP contribution in [0.4, 0.5) is 10.1 Å². The van der Waals surface area contributed by atoms with Gasteiger partial charge < -0.3 is 18.7 Å². The van der Waals surface area contributed by atoms with Gasteiger partial charge in [-0.2, -0.15) is 0 Å². The van der Waals surface area contributed by atoms with Crippen molar-refractivity contribution in [3.8, 4) is 33.8 Å². The molecule has 1 amide bonds. The van der Waals surface area contributed by atoms with E-state index in [4.69, 9.17) is 8.83 Å². The Morgan fingerprint density at radius 1 is 1.00 bits per heavy atom. The Morgan fingerprint density at radius 3 is 2.47 bits per heavy atom. The molecule has 0 fully saturated rings. The fourth-order valence-electron chi connectivity index (χ4n) is 4.90. The Kier molecular flexibility index (Phi) is 6.85. The molecule has 12 heteroatoms. The first-order valence-electron chi connectivity index (χ1n) is 13.2. The number of nitrogens with one attached hydrogen (secondary N) is 2. The summed E-state index contributed by atoms with van der Waals surface area (Å²) in [6.45, 7) is 1.50. The predicted molar refractivity (Wildman–Crippen MR) is 162 cm³/mol. The van der Waals surface area contributed by atoms with Gasteiger partial charge in [0, 0.05) is 60.7 Å². The van der Waals surface area contributed by atoms with Gasteiger partial charge in [0.25, 0.3) is 11.5 Å². The Morgan fingerprint density at radius 2 is 1.77 bits per heavy atom. The summed E-state index contributed by atoms with van der Waals surface area (Å²) in [4.78, 5) is 30.7. The maximum Gasteiger partial charge on any atom is 0.261 e. The van der Waals surface area contributed by atoms with Gasteiger partial charge in [-0.25, -0.2) is 12.8 Å². The number of sulfonamides is 1. The lowest BCUT2D eigenvalue weighted by Gasteiger charge is -2.14. The number of hydrogen-bond donors (Lipinski definition) is 2. The third-order valence-corrected chi connectivity index (χ3v) is 8.37. The van der Waals surface area contributed by atoms with E-state index in [0.29, 0.717) is 38.9 Å². The smallest absolute Gasteiger partial charge is 0.261 e. The summed E-state index contributed by atoms with van der Waals surface area (Å²) in [5.74, 6) is -0.627. The molecule has 2 aromatic carbocycles. The summed E-state index contributed by atoms with van der Waals surface area (Å²) in [6, 6.07) is 15.3. The molecular formula is C31H25FN4O6S. The molecule has 0 saturated heterocycles. The van der Waals surface area contributed by atoms with Crippen LogP contribution in [0.2, 0.25) is 0 Å². The number of aryl methyl sites for hydroxylation is 1. The number of nitrogens with zero attached hydrogens (tertiary/aromatic N) is 2. The lowest BCUT2D eigenvalue weighted by atomic mass is 9.98. The van der Waals surface area contributed by atoms with Crippen LogP contribution in [0.3, 0.4) is 0 Å². The van der Waals surface area contributed by atoms with Crippen LogP contribution >= 0.6 is 0 Å². The molecule has 4 heterocycles. The van der Waals surface area contributed by atoms with Crippen molar-refractivity contribution >= 4 is 43.7 Å². The van der Waals surface area contributed by atoms with Gasteiger partial charge in [0.15, 0.2) is 5.58 Å². The lowest BCUT2D eigenvalue weighted by molar-refractivity contribution is 0.0964. The number of carbonyl (C=O) groups excluding carboxylic acids is 1. The predicted octanol–water partition coefficient (Wildman–Crippen LogP) is 5.53. The van der Waals surface area contributed by atoms with E-state index in [9.17, 15) is 22.4 Å². The molecule has 6 rings (SSSR count). The van der Waals surface area contributed by atoms with E-state index in [1.54, 1.807) is 49.8 Å². The average molecular weight is 601 g/mol. The molecule has 4 aromatic heterocycles. The highest BCUT2D eigenvalue weighted by Gasteiger charge is 2.25. The number of furan rings is 2. The second kappa shape index (κ2) is 10.6. The molecule has 0 unspecified atom stereocenters. The van der Waals surface area contributed by atoms with Crippen LogP contribution in [0.1, 0.15) is 17.3 Å². The number of hydrogen-bond acceptors (Lipinski definition) is 7. The van der Waals surface area contributed by atoms with E-state index in [-0.39, 0.29) is 39.5 Å². The number of amides is 1. The van der Waals surface area contributed by atoms with Crippen molar-refractivity contribution in [1.82, 2.24) is 14.9 Å². The van der Waals surface area contributed by atoms with Gasteiger partial charge in [-0.15, -0.1) is 0 Å². The van der Waals surface area contributed by atoms with Crippen molar-refractivity contribution in [2.45, 2.75) is 6.92 Å². The molecule has 0 aliphatic heterocycles. The number of halogens is 1. The normalized spacial score (nSPS) is 11.7. The van der Waals surface area contributed by atoms with Crippen molar-refractivity contribution in [1.29, 1.82) is 0 Å². The van der Waals surface area contributed by atoms with Crippen molar-refractivity contribution in [3.05, 3.63) is 94.8 Å². The van der Waals surface area contributed by atoms with Crippen LogP contribution in [0.15, 0.2) is 86.7 Å². The number of rotatable bonds is 7. The number of pyridine rings is 2. The highest BCUT2D eigenvalue weighted by molar-refractivity contribution is 7.92. The molecule has 6 aromatic rings. The minimum atomic E-state index is -3.76. The van der Waals surface area contributed by atoms with Crippen LogP contribution in [0.25, 0.3) is 55.8 Å². The number of fused-ring (bicyclic) bond motifs is 2. The molecule has 0 atom stereocenters. The first-order chi connectivity index (χ1) is 20.6. The number of carbonyl (C=O) groups is 1. The van der Waals surface area contributed by atoms with Gasteiger partial charge in [0.05, 0.1) is 22.6 Å². The largest absolute Gasteiger partial charge is 0.455 e. The van der Waals surface area contributed by atoms with Gasteiger partial charge in [-0.1, -0.05) is 0 Å². The van der Waals surface area contributed by atoms with Crippen molar-refractivity contribution in [2.24, 2.45) is 7.05 Å². The molecule has 43 heavy (non-hydrogen) atoms. The highest BCUT2D eigenvalue weighted by atomic mass is 32.2. The molecular weight excluding hydrogens is 575 g/mol. The van der Waals surface area contributed by atoms with Crippen LogP contribution < -0.4 is 15.6 Å². The Labute approximate surface area is 244 Å². The van der Waals surface area contributed by atoms with Crippen LogP contribution in [0.5, 0.6) is 0 Å². The molecule has 0 spiro atoms. The summed E-state index contributed by atoms with van der Waals surface area (Å²) in [5.41, 5.74) is 2.85. The van der Waals surface area contributed by atoms with Gasteiger partial charge in [-0.3, -0.25) is 19.3 Å². The summed E-state index contributed by atoms with van der Waals surface area (Å²) in [6.07, 6.45) is 3.19. The van der Waals surface area contributed by atoms with Gasteiger partial charge in [0.2, 0.25) is 10.0 Å². The van der Waals surface area contributed by atoms with Crippen molar-refractivity contribution < 1.29 is 26.4 Å². The molecule has 0 aliphatic rings. The Bertz CT molecular complexity index is 2180. The molecule has 0 aliphatic carbocycles. The Balaban J connectivity index is 1.63. The second-order valence-electron chi connectivity index (χ2n) is 9.85. The fraction of sp³-hybridized carbons (Fsp3) is 0.129. The first-order valence-corrected chi connectivity index (χ1v) is 14.9. The van der Waals surface area contributed by atoms with Gasteiger partial charge in [0.1, 0.15) is 28.4 Å². The minimum absolute atomic E-state index is 0.174. The standard InChI is InChI=1S/C31H25FN4O6S/c1-4-43(39,40)35-23-14-26-21(28(30(37)33-2)29(42-26)17-7-9-19(32)10-8-17)13-20(23)18-12-22(31(38)36(3)16-18)27-15-24-25(41-27)6-5-11-34-24/h5-16,35H,4H2,1-3H3,(H,33,37). The summed E-state index contributed by atoms with van der Waals surface area (Å²) >= 11 is 0. The van der Waals surface area contributed by atoms with Crippen LogP contribution in [-0.2, 0) is 17.1 Å². The maximum absolute atomic E-state index is 13.7. The minimum Gasteiger partial charge on any atom is -0.455 e. The monoisotopic (exact) mass is 600 g/mol.